The summed E-state index contributed by atoms with van der Waals surface area (Å²) in [6, 6.07) is 61.1. The number of nitrogens with zero attached hydrogens (tertiary/aromatic N) is 3. The maximum absolute atomic E-state index is 6.47. The lowest BCUT2D eigenvalue weighted by Gasteiger charge is -2.12. The quantitative estimate of drug-likeness (QED) is 0.186. The highest BCUT2D eigenvalue weighted by Crippen LogP contribution is 2.40. The first kappa shape index (κ1) is 29.0. The summed E-state index contributed by atoms with van der Waals surface area (Å²) in [4.78, 5) is 15.5. The fraction of sp³-hybridized carbons (Fsp3) is 0. The number of rotatable bonds is 5. The maximum atomic E-state index is 6.47. The Balaban J connectivity index is 1.18. The molecule has 2 aromatic heterocycles. The molecule has 0 radical (unpaired) electrons. The van der Waals surface area contributed by atoms with E-state index in [1.807, 2.05) is 24.3 Å². The summed E-state index contributed by atoms with van der Waals surface area (Å²) in [6.07, 6.45) is 0. The van der Waals surface area contributed by atoms with E-state index >= 15 is 0 Å². The Morgan fingerprint density at radius 3 is 1.59 bits per heavy atom. The molecule has 0 atom stereocenters. The molecule has 10 rings (SSSR count). The van der Waals surface area contributed by atoms with Crippen molar-refractivity contribution in [3.05, 3.63) is 176 Å². The minimum absolute atomic E-state index is 0.594. The lowest BCUT2D eigenvalue weighted by atomic mass is 9.98. The molecule has 0 aliphatic rings. The largest absolute Gasteiger partial charge is 0.456 e. The molecule has 0 aliphatic heterocycles. The van der Waals surface area contributed by atoms with Gasteiger partial charge in [0.1, 0.15) is 11.2 Å². The van der Waals surface area contributed by atoms with Gasteiger partial charge in [0.25, 0.3) is 0 Å². The molecule has 0 spiro atoms. The van der Waals surface area contributed by atoms with Crippen molar-refractivity contribution >= 4 is 43.5 Å². The molecule has 0 aliphatic carbocycles. The van der Waals surface area contributed by atoms with Gasteiger partial charge in [0, 0.05) is 27.5 Å². The van der Waals surface area contributed by atoms with Gasteiger partial charge in [-0.05, 0) is 74.1 Å². The first-order valence-corrected chi connectivity index (χ1v) is 17.1. The second kappa shape index (κ2) is 11.9. The highest BCUT2D eigenvalue weighted by molar-refractivity contribution is 6.13. The molecule has 0 unspecified atom stereocenters. The van der Waals surface area contributed by atoms with Crippen LogP contribution in [-0.4, -0.2) is 15.0 Å². The van der Waals surface area contributed by atoms with Crippen LogP contribution in [0.25, 0.3) is 99.9 Å². The van der Waals surface area contributed by atoms with Gasteiger partial charge in [0.15, 0.2) is 17.5 Å². The third-order valence-corrected chi connectivity index (χ3v) is 9.70. The van der Waals surface area contributed by atoms with Crippen LogP contribution in [0.3, 0.4) is 0 Å². The number of aromatic nitrogens is 3. The summed E-state index contributed by atoms with van der Waals surface area (Å²) in [5, 5.41) is 6.76. The molecule has 4 heteroatoms. The zero-order chi connectivity index (χ0) is 33.7. The summed E-state index contributed by atoms with van der Waals surface area (Å²) in [6.45, 7) is 0. The minimum atomic E-state index is 0.594. The van der Waals surface area contributed by atoms with Crippen molar-refractivity contribution in [1.29, 1.82) is 0 Å². The average Bonchev–Trinajstić information content (AvgIpc) is 3.59. The third-order valence-electron chi connectivity index (χ3n) is 9.70. The maximum Gasteiger partial charge on any atom is 0.164 e. The first-order chi connectivity index (χ1) is 25.2. The minimum Gasteiger partial charge on any atom is -0.456 e. The van der Waals surface area contributed by atoms with Crippen LogP contribution in [0.2, 0.25) is 0 Å². The van der Waals surface area contributed by atoms with E-state index in [-0.39, 0.29) is 0 Å². The van der Waals surface area contributed by atoms with Crippen LogP contribution in [0.4, 0.5) is 0 Å². The topological polar surface area (TPSA) is 51.8 Å². The van der Waals surface area contributed by atoms with Crippen LogP contribution < -0.4 is 0 Å². The Kier molecular flexibility index (Phi) is 6.78. The predicted molar refractivity (Wildman–Crippen MR) is 209 cm³/mol. The molecule has 10 aromatic rings. The summed E-state index contributed by atoms with van der Waals surface area (Å²) in [5.74, 6) is 1.82. The van der Waals surface area contributed by atoms with Crippen molar-refractivity contribution in [2.24, 2.45) is 0 Å². The Morgan fingerprint density at radius 1 is 0.314 bits per heavy atom. The lowest BCUT2D eigenvalue weighted by Crippen LogP contribution is -2.01. The van der Waals surface area contributed by atoms with Crippen LogP contribution in [0, 0.1) is 0 Å². The number of hydrogen-bond donors (Lipinski definition) is 0. The van der Waals surface area contributed by atoms with Gasteiger partial charge in [0.2, 0.25) is 0 Å². The number of hydrogen-bond acceptors (Lipinski definition) is 4. The molecule has 238 valence electrons. The molecule has 0 fully saturated rings. The van der Waals surface area contributed by atoms with Crippen molar-refractivity contribution in [2.75, 3.05) is 0 Å². The normalized spacial score (nSPS) is 11.5. The third kappa shape index (κ3) is 5.22. The number of furan rings is 1. The van der Waals surface area contributed by atoms with Crippen molar-refractivity contribution in [2.45, 2.75) is 0 Å². The monoisotopic (exact) mass is 651 g/mol. The van der Waals surface area contributed by atoms with E-state index in [0.717, 1.165) is 60.7 Å². The van der Waals surface area contributed by atoms with E-state index in [4.69, 9.17) is 19.4 Å². The summed E-state index contributed by atoms with van der Waals surface area (Å²) in [5.41, 5.74) is 8.79. The molecule has 0 bridgehead atoms. The SMILES string of the molecule is c1ccc(-c2cc(-c3nc(-c4ccc(-c5ccc6ccccc6c5)cc4)nc(-c4ccc5ccccc5c4)n3)c3c(c2)oc2ccccc23)cc1. The lowest BCUT2D eigenvalue weighted by molar-refractivity contribution is 0.669. The van der Waals surface area contributed by atoms with Crippen molar-refractivity contribution < 1.29 is 4.42 Å². The van der Waals surface area contributed by atoms with Crippen molar-refractivity contribution in [3.8, 4) is 56.4 Å². The fourth-order valence-corrected chi connectivity index (χ4v) is 7.09. The van der Waals surface area contributed by atoms with E-state index in [9.17, 15) is 0 Å². The summed E-state index contributed by atoms with van der Waals surface area (Å²) >= 11 is 0. The first-order valence-electron chi connectivity index (χ1n) is 17.1. The molecule has 0 N–H and O–H groups in total. The average molecular weight is 652 g/mol. The second-order valence-corrected chi connectivity index (χ2v) is 12.9. The van der Waals surface area contributed by atoms with Crippen LogP contribution in [0.1, 0.15) is 0 Å². The molecular formula is C47H29N3O. The van der Waals surface area contributed by atoms with Gasteiger partial charge in [-0.2, -0.15) is 0 Å². The van der Waals surface area contributed by atoms with E-state index in [0.29, 0.717) is 17.5 Å². The van der Waals surface area contributed by atoms with Crippen LogP contribution in [-0.2, 0) is 0 Å². The Labute approximate surface area is 294 Å². The Bertz CT molecular complexity index is 2910. The smallest absolute Gasteiger partial charge is 0.164 e. The van der Waals surface area contributed by atoms with Gasteiger partial charge in [-0.15, -0.1) is 0 Å². The van der Waals surface area contributed by atoms with Gasteiger partial charge >= 0.3 is 0 Å². The van der Waals surface area contributed by atoms with Crippen molar-refractivity contribution in [3.63, 3.8) is 0 Å². The number of para-hydroxylation sites is 1. The number of fused-ring (bicyclic) bond motifs is 5. The molecular weight excluding hydrogens is 623 g/mol. The molecule has 0 amide bonds. The molecule has 0 saturated carbocycles. The zero-order valence-corrected chi connectivity index (χ0v) is 27.5. The number of benzene rings is 8. The fourth-order valence-electron chi connectivity index (χ4n) is 7.09. The van der Waals surface area contributed by atoms with E-state index < -0.39 is 0 Å². The van der Waals surface area contributed by atoms with Gasteiger partial charge in [-0.25, -0.2) is 15.0 Å². The van der Waals surface area contributed by atoms with Gasteiger partial charge in [-0.3, -0.25) is 0 Å². The Hall–Kier alpha value is -6.91. The standard InChI is InChI=1S/C47H29N3O/c1-2-10-30(11-3-1)39-28-41(44-40-16-8-9-17-42(40)51-43(44)29-39)47-49-45(48-46(50-47)38-25-21-32-13-5-7-15-36(32)27-38)34-22-18-33(19-23-34)37-24-20-31-12-4-6-14-35(31)26-37/h1-29H. The van der Waals surface area contributed by atoms with E-state index in [1.54, 1.807) is 0 Å². The highest BCUT2D eigenvalue weighted by Gasteiger charge is 2.20. The van der Waals surface area contributed by atoms with E-state index in [2.05, 4.69) is 152 Å². The zero-order valence-electron chi connectivity index (χ0n) is 27.5. The second-order valence-electron chi connectivity index (χ2n) is 12.9. The van der Waals surface area contributed by atoms with Gasteiger partial charge in [0.05, 0.1) is 0 Å². The molecule has 8 aromatic carbocycles. The molecule has 4 nitrogen and oxygen atoms in total. The van der Waals surface area contributed by atoms with Crippen LogP contribution >= 0.6 is 0 Å². The van der Waals surface area contributed by atoms with Crippen LogP contribution in [0.5, 0.6) is 0 Å². The predicted octanol–water partition coefficient (Wildman–Crippen LogP) is 12.4. The summed E-state index contributed by atoms with van der Waals surface area (Å²) in [7, 11) is 0. The van der Waals surface area contributed by atoms with E-state index in [1.165, 1.54) is 21.7 Å². The molecule has 0 saturated heterocycles. The molecule has 2 heterocycles. The highest BCUT2D eigenvalue weighted by atomic mass is 16.3. The van der Waals surface area contributed by atoms with Gasteiger partial charge < -0.3 is 4.42 Å². The van der Waals surface area contributed by atoms with Crippen molar-refractivity contribution in [1.82, 2.24) is 15.0 Å². The Morgan fingerprint density at radius 2 is 0.843 bits per heavy atom. The molecule has 51 heavy (non-hydrogen) atoms. The van der Waals surface area contributed by atoms with Crippen LogP contribution in [0.15, 0.2) is 180 Å². The summed E-state index contributed by atoms with van der Waals surface area (Å²) < 4.78 is 6.47. The van der Waals surface area contributed by atoms with Gasteiger partial charge in [-0.1, -0.05) is 146 Å².